The maximum absolute atomic E-state index is 11.4. The average molecular weight is 226 g/mol. The third-order valence-corrected chi connectivity index (χ3v) is 2.63. The van der Waals surface area contributed by atoms with E-state index in [9.17, 15) is 4.79 Å². The molecule has 0 radical (unpaired) electrons. The van der Waals surface area contributed by atoms with Gasteiger partial charge in [0.1, 0.15) is 5.65 Å². The Morgan fingerprint density at radius 3 is 2.94 bits per heavy atom. The molecule has 17 heavy (non-hydrogen) atoms. The van der Waals surface area contributed by atoms with E-state index in [0.29, 0.717) is 11.3 Å². The zero-order valence-corrected chi connectivity index (χ0v) is 8.92. The van der Waals surface area contributed by atoms with E-state index in [1.165, 1.54) is 0 Å². The Hall–Kier alpha value is -2.56. The van der Waals surface area contributed by atoms with E-state index in [4.69, 9.17) is 5.73 Å². The summed E-state index contributed by atoms with van der Waals surface area (Å²) < 4.78 is 1.85. The number of imidazole rings is 1. The highest BCUT2D eigenvalue weighted by Crippen LogP contribution is 2.24. The van der Waals surface area contributed by atoms with Crippen molar-refractivity contribution in [3.8, 4) is 11.3 Å². The number of H-pyrrole nitrogens is 1. The number of primary amides is 1. The molecule has 0 saturated carbocycles. The van der Waals surface area contributed by atoms with Gasteiger partial charge in [-0.05, 0) is 18.2 Å². The monoisotopic (exact) mass is 226 g/mol. The Bertz CT molecular complexity index is 682. The number of aromatic amines is 1. The van der Waals surface area contributed by atoms with Crippen LogP contribution in [0.1, 0.15) is 10.5 Å². The number of fused-ring (bicyclic) bond motifs is 1. The minimum absolute atomic E-state index is 0.288. The molecule has 3 aromatic rings. The standard InChI is InChI=1S/C12H10N4O/c13-12(17)10-11(8-4-5-14-7-8)16-6-2-1-3-9(16)15-10/h1-7,14H,(H2,13,17). The first-order chi connectivity index (χ1) is 8.27. The lowest BCUT2D eigenvalue weighted by Crippen LogP contribution is -2.12. The number of carbonyl (C=O) groups excluding carboxylic acids is 1. The minimum atomic E-state index is -0.523. The van der Waals surface area contributed by atoms with E-state index >= 15 is 0 Å². The Morgan fingerprint density at radius 1 is 1.35 bits per heavy atom. The normalized spacial score (nSPS) is 10.8. The maximum Gasteiger partial charge on any atom is 0.269 e. The van der Waals surface area contributed by atoms with Crippen molar-refractivity contribution in [2.75, 3.05) is 0 Å². The summed E-state index contributed by atoms with van der Waals surface area (Å²) in [7, 11) is 0. The highest BCUT2D eigenvalue weighted by molar-refractivity contribution is 5.98. The summed E-state index contributed by atoms with van der Waals surface area (Å²) in [5.41, 5.74) is 7.96. The van der Waals surface area contributed by atoms with Crippen molar-refractivity contribution in [3.05, 3.63) is 48.5 Å². The molecule has 0 aliphatic carbocycles. The van der Waals surface area contributed by atoms with Gasteiger partial charge in [0.15, 0.2) is 5.69 Å². The molecule has 1 amide bonds. The Balaban J connectivity index is 2.40. The number of nitrogens with two attached hydrogens (primary N) is 1. The fourth-order valence-electron chi connectivity index (χ4n) is 1.91. The number of amides is 1. The van der Waals surface area contributed by atoms with Crippen LogP contribution in [0.3, 0.4) is 0 Å². The molecule has 0 unspecified atom stereocenters. The summed E-state index contributed by atoms with van der Waals surface area (Å²) >= 11 is 0. The number of rotatable bonds is 2. The minimum Gasteiger partial charge on any atom is -0.367 e. The molecule has 3 aromatic heterocycles. The van der Waals surface area contributed by atoms with E-state index < -0.39 is 5.91 Å². The molecule has 0 aliphatic rings. The first-order valence-electron chi connectivity index (χ1n) is 5.17. The van der Waals surface area contributed by atoms with E-state index in [2.05, 4.69) is 9.97 Å². The Kier molecular flexibility index (Phi) is 1.98. The molecule has 3 heterocycles. The highest BCUT2D eigenvalue weighted by Gasteiger charge is 2.17. The molecule has 0 bridgehead atoms. The largest absolute Gasteiger partial charge is 0.367 e. The molecular formula is C12H10N4O. The molecule has 3 rings (SSSR count). The number of hydrogen-bond donors (Lipinski definition) is 2. The molecule has 84 valence electrons. The maximum atomic E-state index is 11.4. The quantitative estimate of drug-likeness (QED) is 0.693. The summed E-state index contributed by atoms with van der Waals surface area (Å²) in [5, 5.41) is 0. The van der Waals surface area contributed by atoms with Gasteiger partial charge in [0.2, 0.25) is 0 Å². The smallest absolute Gasteiger partial charge is 0.269 e. The van der Waals surface area contributed by atoms with Gasteiger partial charge >= 0.3 is 0 Å². The molecule has 0 fully saturated rings. The van der Waals surface area contributed by atoms with Crippen molar-refractivity contribution < 1.29 is 4.79 Å². The van der Waals surface area contributed by atoms with Gasteiger partial charge in [-0.15, -0.1) is 0 Å². The fraction of sp³-hybridized carbons (Fsp3) is 0. The lowest BCUT2D eigenvalue weighted by molar-refractivity contribution is 0.0997. The second-order valence-electron chi connectivity index (χ2n) is 3.70. The zero-order chi connectivity index (χ0) is 11.8. The zero-order valence-electron chi connectivity index (χ0n) is 8.92. The van der Waals surface area contributed by atoms with E-state index in [1.807, 2.05) is 41.1 Å². The van der Waals surface area contributed by atoms with Gasteiger partial charge in [0.25, 0.3) is 5.91 Å². The van der Waals surface area contributed by atoms with Crippen molar-refractivity contribution in [2.45, 2.75) is 0 Å². The van der Waals surface area contributed by atoms with Crippen LogP contribution in [-0.4, -0.2) is 20.3 Å². The van der Waals surface area contributed by atoms with Crippen LogP contribution >= 0.6 is 0 Å². The summed E-state index contributed by atoms with van der Waals surface area (Å²) in [6.45, 7) is 0. The number of nitrogens with one attached hydrogen (secondary N) is 1. The second kappa shape index (κ2) is 3.48. The van der Waals surface area contributed by atoms with Crippen LogP contribution in [-0.2, 0) is 0 Å². The van der Waals surface area contributed by atoms with Crippen molar-refractivity contribution in [1.29, 1.82) is 0 Å². The lowest BCUT2D eigenvalue weighted by atomic mass is 10.2. The third-order valence-electron chi connectivity index (χ3n) is 2.63. The van der Waals surface area contributed by atoms with Crippen LogP contribution in [0.15, 0.2) is 42.9 Å². The number of nitrogens with zero attached hydrogens (tertiary/aromatic N) is 2. The molecule has 5 nitrogen and oxygen atoms in total. The third kappa shape index (κ3) is 1.40. The van der Waals surface area contributed by atoms with Crippen molar-refractivity contribution in [3.63, 3.8) is 0 Å². The fourth-order valence-corrected chi connectivity index (χ4v) is 1.91. The molecule has 0 aromatic carbocycles. The highest BCUT2D eigenvalue weighted by atomic mass is 16.1. The van der Waals surface area contributed by atoms with Gasteiger partial charge in [-0.2, -0.15) is 0 Å². The number of aromatic nitrogens is 3. The molecule has 3 N–H and O–H groups in total. The molecule has 5 heteroatoms. The predicted octanol–water partition coefficient (Wildman–Crippen LogP) is 1.43. The number of carbonyl (C=O) groups is 1. The molecular weight excluding hydrogens is 216 g/mol. The van der Waals surface area contributed by atoms with Crippen LogP contribution < -0.4 is 5.73 Å². The van der Waals surface area contributed by atoms with Gasteiger partial charge in [-0.1, -0.05) is 6.07 Å². The Morgan fingerprint density at radius 2 is 2.24 bits per heavy atom. The number of pyridine rings is 1. The van der Waals surface area contributed by atoms with Gasteiger partial charge < -0.3 is 10.7 Å². The summed E-state index contributed by atoms with van der Waals surface area (Å²) in [6.07, 6.45) is 5.46. The first-order valence-corrected chi connectivity index (χ1v) is 5.17. The summed E-state index contributed by atoms with van der Waals surface area (Å²) in [5.74, 6) is -0.523. The van der Waals surface area contributed by atoms with Crippen LogP contribution in [0.25, 0.3) is 16.9 Å². The van der Waals surface area contributed by atoms with Gasteiger partial charge in [0.05, 0.1) is 5.69 Å². The van der Waals surface area contributed by atoms with Gasteiger partial charge in [0, 0.05) is 24.2 Å². The molecule has 0 saturated heterocycles. The van der Waals surface area contributed by atoms with Gasteiger partial charge in [-0.25, -0.2) is 4.98 Å². The molecule has 0 atom stereocenters. The number of hydrogen-bond acceptors (Lipinski definition) is 2. The van der Waals surface area contributed by atoms with Gasteiger partial charge in [-0.3, -0.25) is 9.20 Å². The van der Waals surface area contributed by atoms with E-state index in [-0.39, 0.29) is 5.69 Å². The topological polar surface area (TPSA) is 76.2 Å². The van der Waals surface area contributed by atoms with Crippen molar-refractivity contribution in [1.82, 2.24) is 14.4 Å². The van der Waals surface area contributed by atoms with Crippen LogP contribution in [0, 0.1) is 0 Å². The van der Waals surface area contributed by atoms with Crippen LogP contribution in [0.2, 0.25) is 0 Å². The van der Waals surface area contributed by atoms with Crippen LogP contribution in [0.4, 0.5) is 0 Å². The SMILES string of the molecule is NC(=O)c1nc2ccccn2c1-c1cc[nH]c1. The summed E-state index contributed by atoms with van der Waals surface area (Å²) in [6, 6.07) is 7.47. The van der Waals surface area contributed by atoms with Crippen molar-refractivity contribution in [2.24, 2.45) is 5.73 Å². The predicted molar refractivity (Wildman–Crippen MR) is 63.5 cm³/mol. The van der Waals surface area contributed by atoms with Crippen LogP contribution in [0.5, 0.6) is 0 Å². The summed E-state index contributed by atoms with van der Waals surface area (Å²) in [4.78, 5) is 18.6. The Labute approximate surface area is 96.9 Å². The first kappa shape index (κ1) is 9.65. The van der Waals surface area contributed by atoms with Crippen molar-refractivity contribution >= 4 is 11.6 Å². The second-order valence-corrected chi connectivity index (χ2v) is 3.70. The lowest BCUT2D eigenvalue weighted by Gasteiger charge is -1.99. The van der Waals surface area contributed by atoms with E-state index in [0.717, 1.165) is 5.56 Å². The molecule has 0 aliphatic heterocycles. The van der Waals surface area contributed by atoms with E-state index in [1.54, 1.807) is 6.20 Å². The molecule has 0 spiro atoms. The average Bonchev–Trinajstić information content (AvgIpc) is 2.94.